The van der Waals surface area contributed by atoms with Crippen LogP contribution in [-0.2, 0) is 16.6 Å². The van der Waals surface area contributed by atoms with E-state index in [9.17, 15) is 13.2 Å². The number of aromatic nitrogens is 3. The van der Waals surface area contributed by atoms with E-state index >= 15 is 0 Å². The van der Waals surface area contributed by atoms with Gasteiger partial charge in [0.25, 0.3) is 15.6 Å². The van der Waals surface area contributed by atoms with E-state index in [1.165, 1.54) is 28.5 Å². The van der Waals surface area contributed by atoms with Crippen LogP contribution in [0.5, 0.6) is 5.75 Å². The minimum absolute atomic E-state index is 0.0167. The summed E-state index contributed by atoms with van der Waals surface area (Å²) >= 11 is 0. The second-order valence-electron chi connectivity index (χ2n) is 5.91. The van der Waals surface area contributed by atoms with Crippen LogP contribution in [0.2, 0.25) is 0 Å². The summed E-state index contributed by atoms with van der Waals surface area (Å²) < 4.78 is 36.2. The smallest absolute Gasteiger partial charge is 0.291 e. The number of anilines is 1. The van der Waals surface area contributed by atoms with Gasteiger partial charge >= 0.3 is 0 Å². The van der Waals surface area contributed by atoms with Gasteiger partial charge in [-0.25, -0.2) is 13.1 Å². The average Bonchev–Trinajstić information content (AvgIpc) is 3.05. The summed E-state index contributed by atoms with van der Waals surface area (Å²) in [6.45, 7) is 5.77. The third-order valence-corrected chi connectivity index (χ3v) is 5.40. The summed E-state index contributed by atoms with van der Waals surface area (Å²) in [6.07, 6.45) is 1.39. The summed E-state index contributed by atoms with van der Waals surface area (Å²) in [5.74, 6) is 0.935. The van der Waals surface area contributed by atoms with Crippen LogP contribution < -0.4 is 15.0 Å². The summed E-state index contributed by atoms with van der Waals surface area (Å²) in [4.78, 5) is 12.4. The van der Waals surface area contributed by atoms with Crippen molar-refractivity contribution < 1.29 is 13.2 Å². The van der Waals surface area contributed by atoms with Crippen molar-refractivity contribution in [2.75, 3.05) is 11.8 Å². The van der Waals surface area contributed by atoms with Gasteiger partial charge in [-0.1, -0.05) is 6.07 Å². The minimum Gasteiger partial charge on any atom is -0.495 e. The molecule has 0 radical (unpaired) electrons. The van der Waals surface area contributed by atoms with Crippen LogP contribution in [0.15, 0.2) is 40.2 Å². The molecule has 138 valence electrons. The molecule has 0 saturated carbocycles. The zero-order chi connectivity index (χ0) is 19.1. The standard InChI is InChI=1S/C17H20N4O4S/c1-5-21-17(22)15-9-13(10-20(15)12(3)18-21)26(23,24)19-14-8-11(2)6-7-16(14)25-4/h6-10,19H,5H2,1-4H3. The highest BCUT2D eigenvalue weighted by Crippen LogP contribution is 2.28. The number of aryl methyl sites for hydroxylation is 3. The number of benzene rings is 1. The maximum Gasteiger partial charge on any atom is 0.291 e. The van der Waals surface area contributed by atoms with Crippen LogP contribution in [0.25, 0.3) is 5.52 Å². The fourth-order valence-corrected chi connectivity index (χ4v) is 3.82. The Morgan fingerprint density at radius 3 is 2.62 bits per heavy atom. The number of hydrogen-bond donors (Lipinski definition) is 1. The van der Waals surface area contributed by atoms with E-state index in [2.05, 4.69) is 9.82 Å². The van der Waals surface area contributed by atoms with Crippen molar-refractivity contribution in [3.05, 3.63) is 52.2 Å². The van der Waals surface area contributed by atoms with E-state index in [1.54, 1.807) is 26.0 Å². The van der Waals surface area contributed by atoms with Crippen LogP contribution in [0.1, 0.15) is 18.3 Å². The Labute approximate surface area is 151 Å². The second kappa shape index (κ2) is 6.49. The van der Waals surface area contributed by atoms with Gasteiger partial charge in [-0.15, -0.1) is 0 Å². The largest absolute Gasteiger partial charge is 0.495 e. The molecule has 2 aromatic heterocycles. The molecule has 9 heteroatoms. The molecule has 0 aliphatic heterocycles. The Morgan fingerprint density at radius 2 is 1.96 bits per heavy atom. The second-order valence-corrected chi connectivity index (χ2v) is 7.59. The van der Waals surface area contributed by atoms with Crippen molar-refractivity contribution in [3.63, 3.8) is 0 Å². The van der Waals surface area contributed by atoms with Gasteiger partial charge in [0.2, 0.25) is 0 Å². The Kier molecular flexibility index (Phi) is 4.49. The maximum absolute atomic E-state index is 12.8. The van der Waals surface area contributed by atoms with Gasteiger partial charge in [-0.2, -0.15) is 5.10 Å². The highest BCUT2D eigenvalue weighted by atomic mass is 32.2. The van der Waals surface area contributed by atoms with Crippen molar-refractivity contribution in [1.29, 1.82) is 0 Å². The molecule has 3 rings (SSSR count). The van der Waals surface area contributed by atoms with Gasteiger partial charge < -0.3 is 4.74 Å². The highest BCUT2D eigenvalue weighted by Gasteiger charge is 2.21. The lowest BCUT2D eigenvalue weighted by Crippen LogP contribution is -2.25. The number of rotatable bonds is 5. The molecule has 0 unspecified atom stereocenters. The first kappa shape index (κ1) is 18.0. The SMILES string of the molecule is CCn1nc(C)n2cc(S(=O)(=O)Nc3cc(C)ccc3OC)cc2c1=O. The van der Waals surface area contributed by atoms with Gasteiger partial charge in [0.1, 0.15) is 22.0 Å². The molecule has 2 heterocycles. The molecule has 8 nitrogen and oxygen atoms in total. The molecule has 0 amide bonds. The van der Waals surface area contributed by atoms with Crippen molar-refractivity contribution >= 4 is 21.2 Å². The third-order valence-electron chi connectivity index (χ3n) is 4.07. The first-order chi connectivity index (χ1) is 12.3. The molecule has 0 spiro atoms. The predicted octanol–water partition coefficient (Wildman–Crippen LogP) is 1.94. The van der Waals surface area contributed by atoms with Crippen LogP contribution >= 0.6 is 0 Å². The van der Waals surface area contributed by atoms with Gasteiger partial charge in [-0.3, -0.25) is 13.9 Å². The molecule has 0 aliphatic carbocycles. The van der Waals surface area contributed by atoms with Crippen molar-refractivity contribution in [3.8, 4) is 5.75 Å². The number of ether oxygens (including phenoxy) is 1. The van der Waals surface area contributed by atoms with Crippen LogP contribution in [0, 0.1) is 13.8 Å². The van der Waals surface area contributed by atoms with Gasteiger partial charge in [0.05, 0.1) is 12.8 Å². The number of hydrogen-bond acceptors (Lipinski definition) is 5. The molecule has 0 aliphatic rings. The topological polar surface area (TPSA) is 94.7 Å². The lowest BCUT2D eigenvalue weighted by atomic mass is 10.2. The summed E-state index contributed by atoms with van der Waals surface area (Å²) in [7, 11) is -2.43. The number of sulfonamides is 1. The zero-order valence-electron chi connectivity index (χ0n) is 15.0. The van der Waals surface area contributed by atoms with E-state index < -0.39 is 10.0 Å². The van der Waals surface area contributed by atoms with Crippen molar-refractivity contribution in [2.24, 2.45) is 0 Å². The highest BCUT2D eigenvalue weighted by molar-refractivity contribution is 7.92. The number of nitrogens with zero attached hydrogens (tertiary/aromatic N) is 3. The van der Waals surface area contributed by atoms with Crippen molar-refractivity contribution in [1.82, 2.24) is 14.2 Å². The summed E-state index contributed by atoms with van der Waals surface area (Å²) in [5.41, 5.74) is 1.14. The molecular weight excluding hydrogens is 356 g/mol. The Morgan fingerprint density at radius 1 is 1.23 bits per heavy atom. The van der Waals surface area contributed by atoms with E-state index in [0.717, 1.165) is 5.56 Å². The maximum atomic E-state index is 12.8. The minimum atomic E-state index is -3.90. The molecule has 0 saturated heterocycles. The Balaban J connectivity index is 2.11. The first-order valence-electron chi connectivity index (χ1n) is 8.04. The average molecular weight is 376 g/mol. The summed E-state index contributed by atoms with van der Waals surface area (Å²) in [5, 5.41) is 4.17. The molecule has 0 bridgehead atoms. The van der Waals surface area contributed by atoms with Crippen LogP contribution in [0.4, 0.5) is 5.69 Å². The molecule has 0 atom stereocenters. The third kappa shape index (κ3) is 3.05. The Hall–Kier alpha value is -2.81. The molecule has 3 aromatic rings. The van der Waals surface area contributed by atoms with Crippen molar-refractivity contribution in [2.45, 2.75) is 32.2 Å². The molecular formula is C17H20N4O4S. The zero-order valence-corrected chi connectivity index (χ0v) is 15.8. The van der Waals surface area contributed by atoms with Gasteiger partial charge in [0, 0.05) is 12.7 Å². The fraction of sp³-hybridized carbons (Fsp3) is 0.294. The van der Waals surface area contributed by atoms with Gasteiger partial charge in [0.15, 0.2) is 0 Å². The van der Waals surface area contributed by atoms with E-state index in [4.69, 9.17) is 4.74 Å². The van der Waals surface area contributed by atoms with Crippen LogP contribution in [-0.4, -0.2) is 29.7 Å². The molecule has 1 N–H and O–H groups in total. The Bertz CT molecular complexity index is 1150. The number of fused-ring (bicyclic) bond motifs is 1. The van der Waals surface area contributed by atoms with E-state index in [-0.39, 0.29) is 16.0 Å². The number of methoxy groups -OCH3 is 1. The quantitative estimate of drug-likeness (QED) is 0.734. The van der Waals surface area contributed by atoms with Crippen LogP contribution in [0.3, 0.4) is 0 Å². The normalized spacial score (nSPS) is 11.7. The molecule has 26 heavy (non-hydrogen) atoms. The predicted molar refractivity (Wildman–Crippen MR) is 98.4 cm³/mol. The fourth-order valence-electron chi connectivity index (χ4n) is 2.74. The number of nitrogens with one attached hydrogen (secondary N) is 1. The monoisotopic (exact) mass is 376 g/mol. The lowest BCUT2D eigenvalue weighted by molar-refractivity contribution is 0.417. The van der Waals surface area contributed by atoms with E-state index in [0.29, 0.717) is 23.8 Å². The summed E-state index contributed by atoms with van der Waals surface area (Å²) in [6, 6.07) is 6.56. The molecule has 1 aromatic carbocycles. The van der Waals surface area contributed by atoms with Gasteiger partial charge in [-0.05, 0) is 44.5 Å². The first-order valence-corrected chi connectivity index (χ1v) is 9.52. The molecule has 0 fully saturated rings. The van der Waals surface area contributed by atoms with E-state index in [1.807, 2.05) is 13.0 Å². The lowest BCUT2D eigenvalue weighted by Gasteiger charge is -2.11.